The van der Waals surface area contributed by atoms with Crippen molar-refractivity contribution in [3.05, 3.63) is 41.5 Å². The zero-order valence-electron chi connectivity index (χ0n) is 11.3. The van der Waals surface area contributed by atoms with Crippen molar-refractivity contribution in [1.29, 1.82) is 0 Å². The number of rotatable bonds is 3. The van der Waals surface area contributed by atoms with Crippen LogP contribution in [0, 0.1) is 6.92 Å². The molecule has 108 valence electrons. The van der Waals surface area contributed by atoms with Gasteiger partial charge in [-0.05, 0) is 43.9 Å². The lowest BCUT2D eigenvalue weighted by Crippen LogP contribution is -2.35. The van der Waals surface area contributed by atoms with Gasteiger partial charge in [-0.15, -0.1) is 0 Å². The van der Waals surface area contributed by atoms with Gasteiger partial charge in [0.25, 0.3) is 5.91 Å². The van der Waals surface area contributed by atoms with Gasteiger partial charge in [0, 0.05) is 11.6 Å². The van der Waals surface area contributed by atoms with Crippen LogP contribution in [0.1, 0.15) is 35.2 Å². The van der Waals surface area contributed by atoms with Crippen molar-refractivity contribution in [3.63, 3.8) is 0 Å². The van der Waals surface area contributed by atoms with Crippen molar-refractivity contribution in [2.75, 3.05) is 0 Å². The average Bonchev–Trinajstić information content (AvgIpc) is 2.39. The first-order valence-electron chi connectivity index (χ1n) is 6.47. The summed E-state index contributed by atoms with van der Waals surface area (Å²) in [7, 11) is -3.80. The van der Waals surface area contributed by atoms with Gasteiger partial charge in [-0.25, -0.2) is 13.6 Å². The number of carbonyl (C=O) groups is 1. The number of aryl methyl sites for hydroxylation is 1. The molecule has 3 N–H and O–H groups in total. The minimum atomic E-state index is -3.80. The summed E-state index contributed by atoms with van der Waals surface area (Å²) in [6.07, 6.45) is 6.79. The molecule has 1 aliphatic rings. The van der Waals surface area contributed by atoms with Gasteiger partial charge in [0.2, 0.25) is 10.0 Å². The van der Waals surface area contributed by atoms with E-state index in [0.717, 1.165) is 24.8 Å². The Morgan fingerprint density at radius 3 is 2.70 bits per heavy atom. The summed E-state index contributed by atoms with van der Waals surface area (Å²) >= 11 is 0. The molecule has 0 saturated heterocycles. The zero-order chi connectivity index (χ0) is 14.8. The fourth-order valence-electron chi connectivity index (χ4n) is 2.21. The normalized spacial score (nSPS) is 18.8. The molecule has 20 heavy (non-hydrogen) atoms. The van der Waals surface area contributed by atoms with Gasteiger partial charge in [-0.1, -0.05) is 18.2 Å². The van der Waals surface area contributed by atoms with Crippen LogP contribution in [0.2, 0.25) is 0 Å². The molecule has 0 aliphatic heterocycles. The molecule has 1 aromatic carbocycles. The monoisotopic (exact) mass is 294 g/mol. The van der Waals surface area contributed by atoms with Gasteiger partial charge in [-0.2, -0.15) is 0 Å². The minimum absolute atomic E-state index is 0.0446. The molecule has 6 heteroatoms. The van der Waals surface area contributed by atoms with E-state index in [1.165, 1.54) is 12.1 Å². The molecule has 0 spiro atoms. The lowest BCUT2D eigenvalue weighted by Gasteiger charge is -2.20. The molecule has 5 nitrogen and oxygen atoms in total. The van der Waals surface area contributed by atoms with Gasteiger partial charge in [0.1, 0.15) is 0 Å². The number of allylic oxidation sites excluding steroid dienone is 1. The van der Waals surface area contributed by atoms with E-state index in [1.54, 1.807) is 13.0 Å². The zero-order valence-corrected chi connectivity index (χ0v) is 12.1. The Morgan fingerprint density at radius 1 is 1.35 bits per heavy atom. The van der Waals surface area contributed by atoms with Crippen LogP contribution in [0.15, 0.2) is 35.2 Å². The van der Waals surface area contributed by atoms with Crippen molar-refractivity contribution in [3.8, 4) is 0 Å². The molecular weight excluding hydrogens is 276 g/mol. The summed E-state index contributed by atoms with van der Waals surface area (Å²) < 4.78 is 22.7. The Labute approximate surface area is 118 Å². The fraction of sp³-hybridized carbons (Fsp3) is 0.357. The van der Waals surface area contributed by atoms with Gasteiger partial charge in [0.05, 0.1) is 4.90 Å². The number of hydrogen-bond donors (Lipinski definition) is 2. The first-order valence-corrected chi connectivity index (χ1v) is 8.02. The SMILES string of the molecule is Cc1ccc(S(N)(=O)=O)cc1C(=O)NC1CC=CCC1. The predicted molar refractivity (Wildman–Crippen MR) is 76.8 cm³/mol. The highest BCUT2D eigenvalue weighted by Crippen LogP contribution is 2.16. The van der Waals surface area contributed by atoms with Gasteiger partial charge >= 0.3 is 0 Å². The second-order valence-corrected chi connectivity index (χ2v) is 6.54. The number of amides is 1. The molecule has 0 heterocycles. The second-order valence-electron chi connectivity index (χ2n) is 4.98. The molecule has 1 atom stereocenters. The average molecular weight is 294 g/mol. The summed E-state index contributed by atoms with van der Waals surface area (Å²) in [6.45, 7) is 1.77. The molecule has 0 aromatic heterocycles. The molecule has 0 saturated carbocycles. The van der Waals surface area contributed by atoms with Gasteiger partial charge in [-0.3, -0.25) is 4.79 Å². The van der Waals surface area contributed by atoms with Crippen molar-refractivity contribution in [1.82, 2.24) is 5.32 Å². The molecule has 0 fully saturated rings. The summed E-state index contributed by atoms with van der Waals surface area (Å²) in [5.74, 6) is -0.256. The van der Waals surface area contributed by atoms with Crippen LogP contribution in [-0.4, -0.2) is 20.4 Å². The van der Waals surface area contributed by atoms with E-state index in [4.69, 9.17) is 5.14 Å². The predicted octanol–water partition coefficient (Wildman–Crippen LogP) is 1.48. The maximum atomic E-state index is 12.2. The van der Waals surface area contributed by atoms with Gasteiger partial charge in [0.15, 0.2) is 0 Å². The summed E-state index contributed by atoms with van der Waals surface area (Å²) in [5.41, 5.74) is 1.08. The maximum Gasteiger partial charge on any atom is 0.251 e. The summed E-state index contributed by atoms with van der Waals surface area (Å²) in [4.78, 5) is 12.2. The smallest absolute Gasteiger partial charge is 0.251 e. The van der Waals surface area contributed by atoms with Crippen LogP contribution in [0.25, 0.3) is 0 Å². The molecule has 1 aromatic rings. The number of nitrogens with one attached hydrogen (secondary N) is 1. The third-order valence-corrected chi connectivity index (χ3v) is 4.30. The summed E-state index contributed by atoms with van der Waals surface area (Å²) in [5, 5.41) is 8.02. The van der Waals surface area contributed by atoms with Crippen LogP contribution < -0.4 is 10.5 Å². The maximum absolute atomic E-state index is 12.2. The van der Waals surface area contributed by atoms with E-state index in [-0.39, 0.29) is 16.8 Å². The minimum Gasteiger partial charge on any atom is -0.349 e. The molecule has 1 aliphatic carbocycles. The molecule has 0 radical (unpaired) electrons. The fourth-order valence-corrected chi connectivity index (χ4v) is 2.75. The Morgan fingerprint density at radius 2 is 2.10 bits per heavy atom. The highest BCUT2D eigenvalue weighted by Gasteiger charge is 2.18. The van der Waals surface area contributed by atoms with Crippen LogP contribution in [-0.2, 0) is 10.0 Å². The number of sulfonamides is 1. The third-order valence-electron chi connectivity index (χ3n) is 3.39. The van der Waals surface area contributed by atoms with Gasteiger partial charge < -0.3 is 5.32 Å². The van der Waals surface area contributed by atoms with Crippen LogP contribution >= 0.6 is 0 Å². The molecule has 1 amide bonds. The topological polar surface area (TPSA) is 89.3 Å². The Balaban J connectivity index is 2.22. The van der Waals surface area contributed by atoms with E-state index in [9.17, 15) is 13.2 Å². The Bertz CT molecular complexity index is 650. The standard InChI is InChI=1S/C14H18N2O3S/c1-10-7-8-12(20(15,18)19)9-13(10)14(17)16-11-5-3-2-4-6-11/h2-3,7-9,11H,4-6H2,1H3,(H,16,17)(H2,15,18,19). The van der Waals surface area contributed by atoms with E-state index >= 15 is 0 Å². The lowest BCUT2D eigenvalue weighted by atomic mass is 10.0. The van der Waals surface area contributed by atoms with Crippen molar-refractivity contribution in [2.45, 2.75) is 37.1 Å². The van der Waals surface area contributed by atoms with E-state index in [0.29, 0.717) is 5.56 Å². The van der Waals surface area contributed by atoms with Crippen molar-refractivity contribution < 1.29 is 13.2 Å². The first-order chi connectivity index (χ1) is 9.38. The number of primary sulfonamides is 1. The first kappa shape index (κ1) is 14.7. The Kier molecular flexibility index (Phi) is 4.25. The van der Waals surface area contributed by atoms with Crippen molar-refractivity contribution in [2.24, 2.45) is 5.14 Å². The second kappa shape index (κ2) is 5.76. The number of carbonyl (C=O) groups excluding carboxylic acids is 1. The number of benzene rings is 1. The number of hydrogen-bond acceptors (Lipinski definition) is 3. The highest BCUT2D eigenvalue weighted by atomic mass is 32.2. The highest BCUT2D eigenvalue weighted by molar-refractivity contribution is 7.89. The number of nitrogens with two attached hydrogens (primary N) is 1. The van der Waals surface area contributed by atoms with Crippen LogP contribution in [0.3, 0.4) is 0 Å². The van der Waals surface area contributed by atoms with E-state index in [1.807, 2.05) is 6.08 Å². The molecule has 0 bridgehead atoms. The van der Waals surface area contributed by atoms with E-state index in [2.05, 4.69) is 11.4 Å². The van der Waals surface area contributed by atoms with Crippen LogP contribution in [0.5, 0.6) is 0 Å². The quantitative estimate of drug-likeness (QED) is 0.827. The summed E-state index contributed by atoms with van der Waals surface area (Å²) in [6, 6.07) is 4.43. The third kappa shape index (κ3) is 3.46. The van der Waals surface area contributed by atoms with Crippen LogP contribution in [0.4, 0.5) is 0 Å². The van der Waals surface area contributed by atoms with E-state index < -0.39 is 10.0 Å². The Hall–Kier alpha value is -1.66. The molecule has 2 rings (SSSR count). The largest absolute Gasteiger partial charge is 0.349 e. The van der Waals surface area contributed by atoms with Crippen molar-refractivity contribution >= 4 is 15.9 Å². The lowest BCUT2D eigenvalue weighted by molar-refractivity contribution is 0.0934. The molecule has 1 unspecified atom stereocenters. The molecular formula is C14H18N2O3S.